The van der Waals surface area contributed by atoms with Crippen LogP contribution in [0.15, 0.2) is 29.2 Å². The van der Waals surface area contributed by atoms with Crippen molar-refractivity contribution in [2.75, 3.05) is 46.9 Å². The monoisotopic (exact) mass is 646 g/mol. The van der Waals surface area contributed by atoms with Gasteiger partial charge in [-0.05, 0) is 61.6 Å². The fourth-order valence-corrected chi connectivity index (χ4v) is 6.47. The molecule has 15 heteroatoms. The molecule has 2 N–H and O–H groups in total. The molecule has 1 aliphatic rings. The molecule has 0 aromatic heterocycles. The second-order valence-electron chi connectivity index (χ2n) is 9.83. The highest BCUT2D eigenvalue weighted by Crippen LogP contribution is 2.48. The summed E-state index contributed by atoms with van der Waals surface area (Å²) < 4.78 is 76.7. The first-order chi connectivity index (χ1) is 20.3. The van der Waals surface area contributed by atoms with Gasteiger partial charge < -0.3 is 38.2 Å². The van der Waals surface area contributed by atoms with Gasteiger partial charge in [-0.2, -0.15) is 0 Å². The third-order valence-electron chi connectivity index (χ3n) is 6.48. The highest BCUT2D eigenvalue weighted by atomic mass is 32.2. The number of hydrogen-bond acceptors (Lipinski definition) is 11. The third-order valence-corrected chi connectivity index (χ3v) is 8.76. The number of sulfone groups is 1. The first-order valence-corrected chi connectivity index (χ1v) is 16.8. The summed E-state index contributed by atoms with van der Waals surface area (Å²) >= 11 is 0. The Bertz CT molecular complexity index is 1390. The molecular formula is C28H39O13PS. The number of carbonyl (C=O) groups excluding carboxylic acids is 1. The zero-order valence-electron chi connectivity index (χ0n) is 24.9. The summed E-state index contributed by atoms with van der Waals surface area (Å²) in [6.45, 7) is 2.88. The summed E-state index contributed by atoms with van der Waals surface area (Å²) in [7, 11) is -4.22. The van der Waals surface area contributed by atoms with Crippen molar-refractivity contribution in [1.29, 1.82) is 0 Å². The van der Waals surface area contributed by atoms with E-state index in [1.807, 2.05) is 6.92 Å². The lowest BCUT2D eigenvalue weighted by Gasteiger charge is -2.21. The van der Waals surface area contributed by atoms with Crippen LogP contribution >= 0.6 is 7.82 Å². The summed E-state index contributed by atoms with van der Waals surface area (Å²) in [5.41, 5.74) is 1.29. The van der Waals surface area contributed by atoms with Crippen LogP contribution in [-0.2, 0) is 28.5 Å². The minimum absolute atomic E-state index is 0.0399. The standard InChI is InChI=1S/C28H39O13PS/c1-6-10-39-28-25(38-11-7-12-40-42(30,31)32)15-20(16-26(28)43(33,34)17-18(2)29)22-9-8-21(41-22)19-13-23(35-3)27(37-5)24(14-19)36-4/h13-16,21-22H,6-12,17H2,1-5H3,(H2,30,31,32)/t21-,22-/m0/s1. The Morgan fingerprint density at radius 1 is 0.884 bits per heavy atom. The van der Waals surface area contributed by atoms with E-state index in [9.17, 15) is 17.8 Å². The molecule has 0 aliphatic carbocycles. The van der Waals surface area contributed by atoms with Gasteiger partial charge in [0.2, 0.25) is 5.75 Å². The molecule has 0 unspecified atom stereocenters. The number of methoxy groups -OCH3 is 3. The number of rotatable bonds is 17. The topological polar surface area (TPSA) is 173 Å². The molecule has 2 aromatic carbocycles. The molecule has 2 atom stereocenters. The van der Waals surface area contributed by atoms with Crippen LogP contribution in [0.5, 0.6) is 28.7 Å². The number of hydrogen-bond donors (Lipinski definition) is 2. The minimum Gasteiger partial charge on any atom is -0.493 e. The average Bonchev–Trinajstić information content (AvgIpc) is 3.44. The Hall–Kier alpha value is -2.87. The van der Waals surface area contributed by atoms with Gasteiger partial charge in [0.25, 0.3) is 0 Å². The Balaban J connectivity index is 1.99. The van der Waals surface area contributed by atoms with Crippen LogP contribution in [0, 0.1) is 0 Å². The largest absolute Gasteiger partial charge is 0.493 e. The Kier molecular flexibility index (Phi) is 12.3. The second kappa shape index (κ2) is 15.2. The predicted molar refractivity (Wildman–Crippen MR) is 155 cm³/mol. The Labute approximate surface area is 251 Å². The first-order valence-electron chi connectivity index (χ1n) is 13.6. The van der Waals surface area contributed by atoms with E-state index in [4.69, 9.17) is 38.2 Å². The smallest absolute Gasteiger partial charge is 0.469 e. The Morgan fingerprint density at radius 3 is 1.98 bits per heavy atom. The molecule has 1 heterocycles. The van der Waals surface area contributed by atoms with Crippen molar-refractivity contribution in [1.82, 2.24) is 0 Å². The molecule has 1 aliphatic heterocycles. The van der Waals surface area contributed by atoms with Crippen LogP contribution in [0.25, 0.3) is 0 Å². The molecule has 1 fully saturated rings. The van der Waals surface area contributed by atoms with E-state index in [1.165, 1.54) is 34.3 Å². The van der Waals surface area contributed by atoms with Crippen molar-refractivity contribution in [3.05, 3.63) is 35.4 Å². The first kappa shape index (κ1) is 34.6. The second-order valence-corrected chi connectivity index (χ2v) is 13.0. The van der Waals surface area contributed by atoms with Gasteiger partial charge in [0.15, 0.2) is 32.8 Å². The van der Waals surface area contributed by atoms with Crippen molar-refractivity contribution >= 4 is 23.4 Å². The molecular weight excluding hydrogens is 607 g/mol. The number of ether oxygens (including phenoxy) is 6. The maximum atomic E-state index is 13.4. The predicted octanol–water partition coefficient (Wildman–Crippen LogP) is 4.33. The minimum atomic E-state index is -4.65. The molecule has 240 valence electrons. The molecule has 0 radical (unpaired) electrons. The fraction of sp³-hybridized carbons (Fsp3) is 0.536. The normalized spacial score (nSPS) is 17.0. The van der Waals surface area contributed by atoms with Crippen LogP contribution < -0.4 is 23.7 Å². The number of Topliss-reactive ketones (excluding diaryl/α,β-unsaturated/α-hetero) is 1. The van der Waals surface area contributed by atoms with E-state index < -0.39 is 35.3 Å². The van der Waals surface area contributed by atoms with E-state index in [-0.39, 0.29) is 48.7 Å². The summed E-state index contributed by atoms with van der Waals surface area (Å²) in [5.74, 6) is 0.178. The van der Waals surface area contributed by atoms with Gasteiger partial charge in [-0.25, -0.2) is 13.0 Å². The lowest BCUT2D eigenvalue weighted by Crippen LogP contribution is -2.16. The lowest BCUT2D eigenvalue weighted by atomic mass is 10.0. The van der Waals surface area contributed by atoms with Crippen LogP contribution in [0.4, 0.5) is 0 Å². The molecule has 0 amide bonds. The van der Waals surface area contributed by atoms with Crippen LogP contribution in [-0.4, -0.2) is 70.9 Å². The van der Waals surface area contributed by atoms with E-state index >= 15 is 0 Å². The average molecular weight is 647 g/mol. The zero-order valence-corrected chi connectivity index (χ0v) is 26.6. The quantitative estimate of drug-likeness (QED) is 0.184. The van der Waals surface area contributed by atoms with Crippen LogP contribution in [0.1, 0.15) is 62.9 Å². The van der Waals surface area contributed by atoms with Crippen molar-refractivity contribution in [3.63, 3.8) is 0 Å². The number of phosphoric ester groups is 1. The molecule has 2 aromatic rings. The maximum Gasteiger partial charge on any atom is 0.469 e. The number of carbonyl (C=O) groups is 1. The highest BCUT2D eigenvalue weighted by molar-refractivity contribution is 7.92. The van der Waals surface area contributed by atoms with Gasteiger partial charge in [0.1, 0.15) is 16.4 Å². The Morgan fingerprint density at radius 2 is 1.47 bits per heavy atom. The summed E-state index contributed by atoms with van der Waals surface area (Å²) in [5, 5.41) is 0. The number of phosphoric acid groups is 1. The van der Waals surface area contributed by atoms with Crippen LogP contribution in [0.2, 0.25) is 0 Å². The molecule has 0 spiro atoms. The van der Waals surface area contributed by atoms with Gasteiger partial charge >= 0.3 is 7.82 Å². The summed E-state index contributed by atoms with van der Waals surface area (Å²) in [6.07, 6.45) is 0.908. The summed E-state index contributed by atoms with van der Waals surface area (Å²) in [4.78, 5) is 29.5. The summed E-state index contributed by atoms with van der Waals surface area (Å²) in [6, 6.07) is 6.68. The van der Waals surface area contributed by atoms with Crippen molar-refractivity contribution in [3.8, 4) is 28.7 Å². The molecule has 3 rings (SSSR count). The van der Waals surface area contributed by atoms with E-state index in [0.29, 0.717) is 42.1 Å². The van der Waals surface area contributed by atoms with Crippen LogP contribution in [0.3, 0.4) is 0 Å². The SMILES string of the molecule is CCCOc1c(OCCCOP(=O)(O)O)cc([C@@H]2CC[C@@H](c3cc(OC)c(OC)c(OC)c3)O2)cc1S(=O)(=O)CC(C)=O. The van der Waals surface area contributed by atoms with Gasteiger partial charge in [-0.15, -0.1) is 0 Å². The fourth-order valence-electron chi connectivity index (χ4n) is 4.65. The van der Waals surface area contributed by atoms with Crippen molar-refractivity contribution in [2.45, 2.75) is 56.6 Å². The van der Waals surface area contributed by atoms with Gasteiger partial charge in [0, 0.05) is 6.42 Å². The van der Waals surface area contributed by atoms with E-state index in [2.05, 4.69) is 4.52 Å². The number of ketones is 1. The van der Waals surface area contributed by atoms with Crippen molar-refractivity contribution in [2.24, 2.45) is 0 Å². The molecule has 1 saturated heterocycles. The zero-order chi connectivity index (χ0) is 31.8. The molecule has 0 saturated carbocycles. The number of benzene rings is 2. The van der Waals surface area contributed by atoms with Crippen molar-refractivity contribution < 1.29 is 60.5 Å². The maximum absolute atomic E-state index is 13.4. The highest BCUT2D eigenvalue weighted by Gasteiger charge is 2.33. The van der Waals surface area contributed by atoms with Gasteiger partial charge in [-0.3, -0.25) is 9.32 Å². The lowest BCUT2D eigenvalue weighted by molar-refractivity contribution is -0.114. The van der Waals surface area contributed by atoms with E-state index in [0.717, 1.165) is 5.56 Å². The molecule has 0 bridgehead atoms. The van der Waals surface area contributed by atoms with Gasteiger partial charge in [0.05, 0.1) is 53.4 Å². The van der Waals surface area contributed by atoms with E-state index in [1.54, 1.807) is 18.2 Å². The molecule has 43 heavy (non-hydrogen) atoms. The third kappa shape index (κ3) is 9.31. The molecule has 13 nitrogen and oxygen atoms in total. The van der Waals surface area contributed by atoms with Gasteiger partial charge in [-0.1, -0.05) is 6.92 Å².